The minimum atomic E-state index is 0.110. The third-order valence-electron chi connectivity index (χ3n) is 4.75. The molecule has 3 aromatic rings. The number of hydrogen-bond acceptors (Lipinski definition) is 4. The molecule has 2 aliphatic heterocycles. The van der Waals surface area contributed by atoms with Crippen molar-refractivity contribution in [2.24, 2.45) is 9.98 Å². The summed E-state index contributed by atoms with van der Waals surface area (Å²) in [6.07, 6.45) is 0.736. The van der Waals surface area contributed by atoms with E-state index < -0.39 is 0 Å². The van der Waals surface area contributed by atoms with E-state index in [0.717, 1.165) is 28.3 Å². The Bertz CT molecular complexity index is 1270. The van der Waals surface area contributed by atoms with E-state index in [2.05, 4.69) is 4.99 Å². The molecule has 4 heteroatoms. The highest BCUT2D eigenvalue weighted by atomic mass is 16.3. The van der Waals surface area contributed by atoms with E-state index in [1.165, 1.54) is 0 Å². The maximum absolute atomic E-state index is 10.9. The quantitative estimate of drug-likeness (QED) is 0.605. The second-order valence-electron chi connectivity index (χ2n) is 6.05. The molecule has 0 amide bonds. The number of benzene rings is 3. The molecule has 2 aliphatic rings. The average molecular weight is 314 g/mol. The Morgan fingerprint density at radius 2 is 1.54 bits per heavy atom. The fourth-order valence-corrected chi connectivity index (χ4v) is 3.65. The molecule has 2 heterocycles. The van der Waals surface area contributed by atoms with Crippen LogP contribution in [0, 0.1) is 0 Å². The van der Waals surface area contributed by atoms with Crippen molar-refractivity contribution in [1.82, 2.24) is 0 Å². The lowest BCUT2D eigenvalue weighted by molar-refractivity contribution is 0.459. The summed E-state index contributed by atoms with van der Waals surface area (Å²) in [5, 5.41) is 25.8. The second-order valence-corrected chi connectivity index (χ2v) is 6.05. The highest BCUT2D eigenvalue weighted by Crippen LogP contribution is 2.28. The molecule has 0 saturated carbocycles. The molecule has 0 saturated heterocycles. The maximum atomic E-state index is 10.9. The van der Waals surface area contributed by atoms with Crippen molar-refractivity contribution in [3.8, 4) is 11.5 Å². The number of nitrogens with zero attached hydrogens (tertiary/aromatic N) is 2. The van der Waals surface area contributed by atoms with Crippen LogP contribution in [0.1, 0.15) is 6.42 Å². The van der Waals surface area contributed by atoms with E-state index >= 15 is 0 Å². The molecule has 0 unspecified atom stereocenters. The second kappa shape index (κ2) is 4.68. The van der Waals surface area contributed by atoms with Crippen molar-refractivity contribution >= 4 is 22.0 Å². The zero-order valence-corrected chi connectivity index (χ0v) is 12.8. The van der Waals surface area contributed by atoms with Gasteiger partial charge < -0.3 is 10.2 Å². The number of para-hydroxylation sites is 1. The zero-order chi connectivity index (χ0) is 16.3. The average Bonchev–Trinajstić information content (AvgIpc) is 2.86. The van der Waals surface area contributed by atoms with Crippen LogP contribution in [-0.2, 0) is 0 Å². The highest BCUT2D eigenvalue weighted by Gasteiger charge is 2.21. The summed E-state index contributed by atoms with van der Waals surface area (Å²) < 4.78 is 0. The Kier molecular flexibility index (Phi) is 2.59. The van der Waals surface area contributed by atoms with Crippen LogP contribution in [0.25, 0.3) is 22.0 Å². The summed E-state index contributed by atoms with van der Waals surface area (Å²) in [6.45, 7) is 0.557. The SMILES string of the molecule is Oc1c2c(c(O)c3ccccc13)=C1N=c3ccccc3=C1CCN=2. The Morgan fingerprint density at radius 3 is 2.38 bits per heavy atom. The van der Waals surface area contributed by atoms with Gasteiger partial charge in [-0.1, -0.05) is 42.5 Å². The molecule has 5 rings (SSSR count). The molecule has 3 aromatic carbocycles. The van der Waals surface area contributed by atoms with Gasteiger partial charge in [0.1, 0.15) is 16.9 Å². The van der Waals surface area contributed by atoms with E-state index in [4.69, 9.17) is 4.99 Å². The highest BCUT2D eigenvalue weighted by molar-refractivity contribution is 5.97. The molecular formula is C20H14N2O2. The van der Waals surface area contributed by atoms with Gasteiger partial charge in [-0.05, 0) is 18.1 Å². The van der Waals surface area contributed by atoms with Gasteiger partial charge in [-0.15, -0.1) is 0 Å². The summed E-state index contributed by atoms with van der Waals surface area (Å²) in [5.41, 5.74) is 1.81. The van der Waals surface area contributed by atoms with Crippen LogP contribution in [0.4, 0.5) is 0 Å². The van der Waals surface area contributed by atoms with Gasteiger partial charge in [-0.3, -0.25) is 4.99 Å². The van der Waals surface area contributed by atoms with Crippen molar-refractivity contribution < 1.29 is 10.2 Å². The van der Waals surface area contributed by atoms with Crippen LogP contribution in [-0.4, -0.2) is 16.8 Å². The molecule has 0 aliphatic carbocycles. The van der Waals surface area contributed by atoms with E-state index in [1.54, 1.807) is 12.1 Å². The van der Waals surface area contributed by atoms with Gasteiger partial charge in [0.25, 0.3) is 0 Å². The molecule has 0 spiro atoms. The van der Waals surface area contributed by atoms with Crippen LogP contribution < -0.4 is 21.2 Å². The summed E-state index contributed by atoms with van der Waals surface area (Å²) in [5.74, 6) is 0.242. The number of fused-ring (bicyclic) bond motifs is 4. The van der Waals surface area contributed by atoms with E-state index in [9.17, 15) is 10.2 Å². The standard InChI is InChI=1S/C20H14N2O2/c23-19-13-6-1-2-7-14(13)20(24)18-16(19)17-12(9-10-21-18)11-5-3-4-8-15(11)22-17/h1-8,23-24H,9-10H2. The van der Waals surface area contributed by atoms with Crippen LogP contribution in [0.15, 0.2) is 58.5 Å². The first kappa shape index (κ1) is 13.3. The molecule has 2 N–H and O–H groups in total. The summed E-state index contributed by atoms with van der Waals surface area (Å²) >= 11 is 0. The molecule has 0 atom stereocenters. The Balaban J connectivity index is 2.11. The van der Waals surface area contributed by atoms with Gasteiger partial charge in [-0.25, -0.2) is 4.99 Å². The van der Waals surface area contributed by atoms with E-state index in [0.29, 0.717) is 27.9 Å². The maximum Gasteiger partial charge on any atom is 0.149 e. The summed E-state index contributed by atoms with van der Waals surface area (Å²) in [6, 6.07) is 15.2. The van der Waals surface area contributed by atoms with Crippen molar-refractivity contribution in [3.63, 3.8) is 0 Å². The van der Waals surface area contributed by atoms with Crippen molar-refractivity contribution in [2.45, 2.75) is 6.42 Å². The third-order valence-corrected chi connectivity index (χ3v) is 4.75. The Hall–Kier alpha value is -3.14. The van der Waals surface area contributed by atoms with Gasteiger partial charge >= 0.3 is 0 Å². The number of phenolic OH excluding ortho intramolecular Hbond substituents is 2. The fourth-order valence-electron chi connectivity index (χ4n) is 3.65. The van der Waals surface area contributed by atoms with Gasteiger partial charge in [0.05, 0.1) is 16.3 Å². The van der Waals surface area contributed by atoms with Crippen molar-refractivity contribution in [3.05, 3.63) is 69.7 Å². The summed E-state index contributed by atoms with van der Waals surface area (Å²) in [4.78, 5) is 9.27. The lowest BCUT2D eigenvalue weighted by atomic mass is 10.0. The van der Waals surface area contributed by atoms with E-state index in [1.807, 2.05) is 36.4 Å². The first-order chi connectivity index (χ1) is 11.8. The third kappa shape index (κ3) is 1.62. The Morgan fingerprint density at radius 1 is 0.833 bits per heavy atom. The van der Waals surface area contributed by atoms with Gasteiger partial charge in [0.15, 0.2) is 0 Å². The number of rotatable bonds is 0. The molecule has 0 radical (unpaired) electrons. The fraction of sp³-hybridized carbons (Fsp3) is 0.100. The van der Waals surface area contributed by atoms with E-state index in [-0.39, 0.29) is 11.5 Å². The van der Waals surface area contributed by atoms with Gasteiger partial charge in [0.2, 0.25) is 0 Å². The first-order valence-corrected chi connectivity index (χ1v) is 7.94. The van der Waals surface area contributed by atoms with Crippen molar-refractivity contribution in [1.29, 1.82) is 0 Å². The Labute approximate surface area is 137 Å². The predicted octanol–water partition coefficient (Wildman–Crippen LogP) is 0.867. The smallest absolute Gasteiger partial charge is 0.149 e. The van der Waals surface area contributed by atoms with Gasteiger partial charge in [0, 0.05) is 22.5 Å². The lowest BCUT2D eigenvalue weighted by Crippen LogP contribution is -2.27. The molecule has 0 aromatic heterocycles. The lowest BCUT2D eigenvalue weighted by Gasteiger charge is -2.07. The van der Waals surface area contributed by atoms with Crippen molar-refractivity contribution in [2.75, 3.05) is 6.54 Å². The predicted molar refractivity (Wildman–Crippen MR) is 91.6 cm³/mol. The molecule has 4 nitrogen and oxygen atoms in total. The first-order valence-electron chi connectivity index (χ1n) is 7.94. The molecule has 0 bridgehead atoms. The number of aromatic hydroxyl groups is 2. The van der Waals surface area contributed by atoms with Gasteiger partial charge in [-0.2, -0.15) is 0 Å². The van der Waals surface area contributed by atoms with Crippen LogP contribution >= 0.6 is 0 Å². The van der Waals surface area contributed by atoms with Crippen LogP contribution in [0.5, 0.6) is 11.5 Å². The number of phenols is 2. The molecule has 116 valence electrons. The molecular weight excluding hydrogens is 300 g/mol. The monoisotopic (exact) mass is 314 g/mol. The minimum Gasteiger partial charge on any atom is -0.507 e. The van der Waals surface area contributed by atoms with Crippen LogP contribution in [0.2, 0.25) is 0 Å². The summed E-state index contributed by atoms with van der Waals surface area (Å²) in [7, 11) is 0. The topological polar surface area (TPSA) is 65.2 Å². The van der Waals surface area contributed by atoms with Crippen LogP contribution in [0.3, 0.4) is 0 Å². The molecule has 0 fully saturated rings. The largest absolute Gasteiger partial charge is 0.507 e. The molecule has 24 heavy (non-hydrogen) atoms. The number of hydrogen-bond donors (Lipinski definition) is 2. The zero-order valence-electron chi connectivity index (χ0n) is 12.8. The normalized spacial score (nSPS) is 15.2. The minimum absolute atomic E-state index is 0.110.